The highest BCUT2D eigenvalue weighted by Gasteiger charge is 2.35. The van der Waals surface area contributed by atoms with E-state index in [-0.39, 0.29) is 23.7 Å². The zero-order valence-electron chi connectivity index (χ0n) is 15.0. The first-order chi connectivity index (χ1) is 13.7. The van der Waals surface area contributed by atoms with Gasteiger partial charge in [-0.25, -0.2) is 0 Å². The lowest BCUT2D eigenvalue weighted by molar-refractivity contribution is -0.118. The normalized spacial score (nSPS) is 19.2. The molecule has 142 valence electrons. The monoisotopic (exact) mass is 378 g/mol. The standard InChI is InChI=1S/C19H18N6O3/c26-16-7-13(10-25(16)15-8-20-21-9-15)19-23-17(24-28-19)12-2-1-3-14(6-12)22-18(27)11-4-5-11/h1-3,6,8-9,11,13H,4-5,7,10H2,(H,20,21)(H,22,27)/t13-/m0/s1. The predicted octanol–water partition coefficient (Wildman–Crippen LogP) is 2.33. The summed E-state index contributed by atoms with van der Waals surface area (Å²) in [5, 5.41) is 13.6. The smallest absolute Gasteiger partial charge is 0.232 e. The molecule has 1 saturated heterocycles. The molecule has 1 aliphatic heterocycles. The lowest BCUT2D eigenvalue weighted by Gasteiger charge is -2.12. The number of H-pyrrole nitrogens is 1. The maximum atomic E-state index is 12.3. The number of rotatable bonds is 5. The van der Waals surface area contributed by atoms with Crippen molar-refractivity contribution in [3.8, 4) is 11.4 Å². The molecule has 0 bridgehead atoms. The van der Waals surface area contributed by atoms with E-state index in [9.17, 15) is 9.59 Å². The predicted molar refractivity (Wildman–Crippen MR) is 99.4 cm³/mol. The second kappa shape index (κ2) is 6.59. The average Bonchev–Trinajstić information content (AvgIpc) is 3.09. The number of aromatic amines is 1. The highest BCUT2D eigenvalue weighted by Crippen LogP contribution is 2.32. The van der Waals surface area contributed by atoms with Gasteiger partial charge in [-0.2, -0.15) is 10.1 Å². The molecule has 28 heavy (non-hydrogen) atoms. The van der Waals surface area contributed by atoms with Crippen molar-refractivity contribution in [3.63, 3.8) is 0 Å². The Morgan fingerprint density at radius 3 is 3.00 bits per heavy atom. The highest BCUT2D eigenvalue weighted by molar-refractivity contribution is 5.96. The Labute approximate surface area is 160 Å². The molecule has 2 aliphatic rings. The number of nitrogens with zero attached hydrogens (tertiary/aromatic N) is 4. The molecule has 0 spiro atoms. The molecule has 2 fully saturated rings. The summed E-state index contributed by atoms with van der Waals surface area (Å²) in [7, 11) is 0. The topological polar surface area (TPSA) is 117 Å². The van der Waals surface area contributed by atoms with Crippen molar-refractivity contribution in [2.75, 3.05) is 16.8 Å². The van der Waals surface area contributed by atoms with E-state index in [1.807, 2.05) is 24.3 Å². The van der Waals surface area contributed by atoms with Gasteiger partial charge in [0.2, 0.25) is 23.5 Å². The molecule has 1 aromatic carbocycles. The number of hydrogen-bond acceptors (Lipinski definition) is 6. The molecule has 1 atom stereocenters. The number of amides is 2. The molecule has 0 unspecified atom stereocenters. The average molecular weight is 378 g/mol. The minimum absolute atomic E-state index is 0.00376. The van der Waals surface area contributed by atoms with Crippen molar-refractivity contribution >= 4 is 23.2 Å². The van der Waals surface area contributed by atoms with Crippen LogP contribution in [0.4, 0.5) is 11.4 Å². The first-order valence-corrected chi connectivity index (χ1v) is 9.21. The van der Waals surface area contributed by atoms with Gasteiger partial charge in [0.25, 0.3) is 0 Å². The fraction of sp³-hybridized carbons (Fsp3) is 0.316. The van der Waals surface area contributed by atoms with E-state index in [0.29, 0.717) is 30.4 Å². The second-order valence-electron chi connectivity index (χ2n) is 7.16. The number of hydrogen-bond donors (Lipinski definition) is 2. The van der Waals surface area contributed by atoms with Gasteiger partial charge >= 0.3 is 0 Å². The Morgan fingerprint density at radius 2 is 2.21 bits per heavy atom. The number of carbonyl (C=O) groups excluding carboxylic acids is 2. The van der Waals surface area contributed by atoms with Crippen molar-refractivity contribution in [1.82, 2.24) is 20.3 Å². The fourth-order valence-electron chi connectivity index (χ4n) is 3.36. The van der Waals surface area contributed by atoms with Crippen molar-refractivity contribution < 1.29 is 14.1 Å². The molecule has 3 aromatic rings. The van der Waals surface area contributed by atoms with E-state index in [1.54, 1.807) is 17.3 Å². The summed E-state index contributed by atoms with van der Waals surface area (Å²) in [5.74, 6) is 0.888. The van der Waals surface area contributed by atoms with Crippen LogP contribution in [0, 0.1) is 5.92 Å². The van der Waals surface area contributed by atoms with Crippen LogP contribution in [0.2, 0.25) is 0 Å². The molecule has 2 aromatic heterocycles. The van der Waals surface area contributed by atoms with E-state index in [0.717, 1.165) is 24.1 Å². The van der Waals surface area contributed by atoms with Gasteiger partial charge in [0.15, 0.2) is 0 Å². The quantitative estimate of drug-likeness (QED) is 0.704. The molecule has 5 rings (SSSR count). The Kier molecular flexibility index (Phi) is 3.92. The van der Waals surface area contributed by atoms with E-state index >= 15 is 0 Å². The highest BCUT2D eigenvalue weighted by atomic mass is 16.5. The number of benzene rings is 1. The lowest BCUT2D eigenvalue weighted by Crippen LogP contribution is -2.23. The molecule has 9 nitrogen and oxygen atoms in total. The van der Waals surface area contributed by atoms with Crippen LogP contribution >= 0.6 is 0 Å². The van der Waals surface area contributed by atoms with E-state index in [2.05, 4.69) is 25.7 Å². The number of nitrogens with one attached hydrogen (secondary N) is 2. The van der Waals surface area contributed by atoms with Gasteiger partial charge in [0.05, 0.1) is 17.8 Å². The van der Waals surface area contributed by atoms with Crippen LogP contribution in [0.3, 0.4) is 0 Å². The third kappa shape index (κ3) is 3.15. The minimum atomic E-state index is -0.165. The first-order valence-electron chi connectivity index (χ1n) is 9.21. The Balaban J connectivity index is 1.32. The third-order valence-corrected chi connectivity index (χ3v) is 5.05. The van der Waals surface area contributed by atoms with Crippen molar-refractivity contribution in [3.05, 3.63) is 42.5 Å². The number of anilines is 2. The molecular formula is C19H18N6O3. The molecule has 0 radical (unpaired) electrons. The fourth-order valence-corrected chi connectivity index (χ4v) is 3.36. The molecule has 3 heterocycles. The van der Waals surface area contributed by atoms with Crippen LogP contribution in [0.5, 0.6) is 0 Å². The summed E-state index contributed by atoms with van der Waals surface area (Å²) in [4.78, 5) is 30.4. The van der Waals surface area contributed by atoms with Gasteiger partial charge in [-0.1, -0.05) is 17.3 Å². The number of aromatic nitrogens is 4. The first kappa shape index (κ1) is 16.7. The SMILES string of the molecule is O=C(Nc1cccc(-c2noc([C@H]3CC(=O)N(c4cn[nH]c4)C3)n2)c1)C1CC1. The molecular weight excluding hydrogens is 360 g/mol. The minimum Gasteiger partial charge on any atom is -0.339 e. The Morgan fingerprint density at radius 1 is 1.32 bits per heavy atom. The maximum Gasteiger partial charge on any atom is 0.232 e. The van der Waals surface area contributed by atoms with Gasteiger partial charge in [-0.3, -0.25) is 14.7 Å². The van der Waals surface area contributed by atoms with Gasteiger partial charge in [0, 0.05) is 36.3 Å². The summed E-state index contributed by atoms with van der Waals surface area (Å²) >= 11 is 0. The van der Waals surface area contributed by atoms with Gasteiger partial charge in [-0.15, -0.1) is 0 Å². The summed E-state index contributed by atoms with van der Waals surface area (Å²) in [5.41, 5.74) is 2.19. The van der Waals surface area contributed by atoms with Crippen LogP contribution in [0.15, 0.2) is 41.2 Å². The second-order valence-corrected chi connectivity index (χ2v) is 7.16. The van der Waals surface area contributed by atoms with Gasteiger partial charge in [0.1, 0.15) is 0 Å². The largest absolute Gasteiger partial charge is 0.339 e. The summed E-state index contributed by atoms with van der Waals surface area (Å²) < 4.78 is 5.44. The van der Waals surface area contributed by atoms with Gasteiger partial charge < -0.3 is 14.7 Å². The lowest BCUT2D eigenvalue weighted by atomic mass is 10.1. The number of carbonyl (C=O) groups is 2. The molecule has 1 aliphatic carbocycles. The summed E-state index contributed by atoms with van der Waals surface area (Å²) in [6, 6.07) is 7.36. The molecule has 2 N–H and O–H groups in total. The van der Waals surface area contributed by atoms with Crippen LogP contribution in [-0.2, 0) is 9.59 Å². The maximum absolute atomic E-state index is 12.3. The molecule has 2 amide bonds. The zero-order valence-corrected chi connectivity index (χ0v) is 15.0. The molecule has 9 heteroatoms. The van der Waals surface area contributed by atoms with E-state index in [1.165, 1.54) is 0 Å². The van der Waals surface area contributed by atoms with Crippen molar-refractivity contribution in [1.29, 1.82) is 0 Å². The zero-order chi connectivity index (χ0) is 19.1. The molecule has 1 saturated carbocycles. The summed E-state index contributed by atoms with van der Waals surface area (Å²) in [6.45, 7) is 0.470. The van der Waals surface area contributed by atoms with Crippen molar-refractivity contribution in [2.45, 2.75) is 25.2 Å². The Bertz CT molecular complexity index is 1020. The van der Waals surface area contributed by atoms with Gasteiger partial charge in [-0.05, 0) is 25.0 Å². The van der Waals surface area contributed by atoms with E-state index < -0.39 is 0 Å². The summed E-state index contributed by atoms with van der Waals surface area (Å²) in [6.07, 6.45) is 5.51. The van der Waals surface area contributed by atoms with Crippen molar-refractivity contribution in [2.24, 2.45) is 5.92 Å². The van der Waals surface area contributed by atoms with Crippen LogP contribution in [-0.4, -0.2) is 38.7 Å². The van der Waals surface area contributed by atoms with E-state index in [4.69, 9.17) is 4.52 Å². The van der Waals surface area contributed by atoms with Crippen LogP contribution < -0.4 is 10.2 Å². The van der Waals surface area contributed by atoms with Crippen LogP contribution in [0.25, 0.3) is 11.4 Å². The van der Waals surface area contributed by atoms with Crippen LogP contribution in [0.1, 0.15) is 31.1 Å². The Hall–Kier alpha value is -3.49. The third-order valence-electron chi connectivity index (χ3n) is 5.05.